The first-order chi connectivity index (χ1) is 9.75. The van der Waals surface area contributed by atoms with Crippen molar-refractivity contribution < 1.29 is 13.2 Å². The van der Waals surface area contributed by atoms with Crippen molar-refractivity contribution in [3.8, 4) is 0 Å². The zero-order valence-electron chi connectivity index (χ0n) is 13.0. The topological polar surface area (TPSA) is 101 Å². The maximum absolute atomic E-state index is 11.9. The van der Waals surface area contributed by atoms with Crippen LogP contribution < -0.4 is 15.8 Å². The van der Waals surface area contributed by atoms with Crippen LogP contribution in [-0.4, -0.2) is 26.1 Å². The Morgan fingerprint density at radius 1 is 1.27 bits per heavy atom. The highest BCUT2D eigenvalue weighted by Crippen LogP contribution is 2.17. The van der Waals surface area contributed by atoms with E-state index in [1.165, 1.54) is 0 Å². The van der Waals surface area contributed by atoms with Gasteiger partial charge in [-0.15, -0.1) is 12.4 Å². The molecular weight excluding hydrogens is 326 g/mol. The highest BCUT2D eigenvalue weighted by Gasteiger charge is 2.17. The van der Waals surface area contributed by atoms with Crippen molar-refractivity contribution in [2.75, 3.05) is 15.8 Å². The number of carbonyl (C=O) groups excluding carboxylic acids is 1. The molecule has 8 heteroatoms. The van der Waals surface area contributed by atoms with E-state index in [9.17, 15) is 13.2 Å². The third kappa shape index (κ3) is 6.64. The Hall–Kier alpha value is -1.31. The number of halogens is 1. The van der Waals surface area contributed by atoms with Gasteiger partial charge in [0.1, 0.15) is 0 Å². The van der Waals surface area contributed by atoms with Crippen molar-refractivity contribution in [1.82, 2.24) is 0 Å². The normalized spacial score (nSPS) is 13.6. The Morgan fingerprint density at radius 3 is 2.41 bits per heavy atom. The van der Waals surface area contributed by atoms with Crippen LogP contribution >= 0.6 is 12.4 Å². The first-order valence-electron chi connectivity index (χ1n) is 6.92. The fraction of sp³-hybridized carbons (Fsp3) is 0.500. The van der Waals surface area contributed by atoms with Crippen LogP contribution in [0.4, 0.5) is 11.4 Å². The number of nitrogens with two attached hydrogens (primary N) is 1. The quantitative estimate of drug-likeness (QED) is 0.702. The van der Waals surface area contributed by atoms with Gasteiger partial charge in [-0.1, -0.05) is 19.9 Å². The molecule has 2 atom stereocenters. The average Bonchev–Trinajstić information content (AvgIpc) is 2.37. The molecule has 22 heavy (non-hydrogen) atoms. The predicted molar refractivity (Wildman–Crippen MR) is 92.8 cm³/mol. The molecule has 126 valence electrons. The largest absolute Gasteiger partial charge is 0.327 e. The highest BCUT2D eigenvalue weighted by molar-refractivity contribution is 7.92. The van der Waals surface area contributed by atoms with E-state index in [0.717, 1.165) is 0 Å². The number of rotatable bonds is 7. The highest BCUT2D eigenvalue weighted by atomic mass is 35.5. The van der Waals surface area contributed by atoms with Crippen molar-refractivity contribution in [2.45, 2.75) is 33.2 Å². The molecule has 0 fully saturated rings. The van der Waals surface area contributed by atoms with Gasteiger partial charge < -0.3 is 11.1 Å². The lowest BCUT2D eigenvalue weighted by Crippen LogP contribution is -2.34. The van der Waals surface area contributed by atoms with E-state index in [1.807, 2.05) is 0 Å². The van der Waals surface area contributed by atoms with Gasteiger partial charge in [0.2, 0.25) is 15.9 Å². The smallest absolute Gasteiger partial charge is 0.232 e. The third-order valence-corrected chi connectivity index (χ3v) is 4.57. The van der Waals surface area contributed by atoms with E-state index >= 15 is 0 Å². The second-order valence-corrected chi connectivity index (χ2v) is 6.98. The first kappa shape index (κ1) is 20.7. The number of carbonyl (C=O) groups is 1. The Kier molecular flexibility index (Phi) is 8.44. The van der Waals surface area contributed by atoms with Gasteiger partial charge in [0.25, 0.3) is 0 Å². The maximum atomic E-state index is 11.9. The molecule has 0 heterocycles. The van der Waals surface area contributed by atoms with Gasteiger partial charge in [-0.2, -0.15) is 0 Å². The minimum absolute atomic E-state index is 0. The van der Waals surface area contributed by atoms with Gasteiger partial charge in [0.05, 0.1) is 17.4 Å². The van der Waals surface area contributed by atoms with Crippen molar-refractivity contribution in [3.05, 3.63) is 24.3 Å². The molecule has 0 bridgehead atoms. The van der Waals surface area contributed by atoms with Crippen LogP contribution in [0.3, 0.4) is 0 Å². The standard InChI is InChI=1S/C14H23N3O3S.ClH/c1-4-8-21(19,20)17-13-7-5-6-12(9-13)16-14(18)10(2)11(3)15;/h5-7,9-11,17H,4,8,15H2,1-3H3,(H,16,18);1H. The average molecular weight is 350 g/mol. The zero-order valence-corrected chi connectivity index (χ0v) is 14.6. The van der Waals surface area contributed by atoms with Crippen LogP contribution in [0, 0.1) is 5.92 Å². The fourth-order valence-corrected chi connectivity index (χ4v) is 2.78. The predicted octanol–water partition coefficient (Wildman–Crippen LogP) is 2.18. The lowest BCUT2D eigenvalue weighted by Gasteiger charge is -2.16. The van der Waals surface area contributed by atoms with E-state index in [-0.39, 0.29) is 36.0 Å². The van der Waals surface area contributed by atoms with E-state index < -0.39 is 10.0 Å². The molecule has 4 N–H and O–H groups in total. The molecule has 1 amide bonds. The van der Waals surface area contributed by atoms with Crippen LogP contribution in [0.2, 0.25) is 0 Å². The molecule has 0 aliphatic rings. The minimum atomic E-state index is -3.34. The van der Waals surface area contributed by atoms with Gasteiger partial charge in [0, 0.05) is 11.7 Å². The summed E-state index contributed by atoms with van der Waals surface area (Å²) in [6.07, 6.45) is 0.539. The van der Waals surface area contributed by atoms with E-state index in [4.69, 9.17) is 5.73 Å². The number of anilines is 2. The van der Waals surface area contributed by atoms with E-state index in [1.54, 1.807) is 45.0 Å². The van der Waals surface area contributed by atoms with Crippen molar-refractivity contribution in [3.63, 3.8) is 0 Å². The Labute approximate surface area is 138 Å². The Bertz CT molecular complexity index is 591. The summed E-state index contributed by atoms with van der Waals surface area (Å²) in [6.45, 7) is 5.30. The number of hydrogen-bond donors (Lipinski definition) is 3. The van der Waals surface area contributed by atoms with Gasteiger partial charge >= 0.3 is 0 Å². The van der Waals surface area contributed by atoms with Gasteiger partial charge in [-0.25, -0.2) is 8.42 Å². The molecule has 0 aliphatic heterocycles. The van der Waals surface area contributed by atoms with Crippen LogP contribution in [0.1, 0.15) is 27.2 Å². The van der Waals surface area contributed by atoms with Crippen molar-refractivity contribution >= 4 is 39.7 Å². The SMILES string of the molecule is CCCS(=O)(=O)Nc1cccc(NC(=O)C(C)C(C)N)c1.Cl. The molecule has 0 spiro atoms. The first-order valence-corrected chi connectivity index (χ1v) is 8.57. The third-order valence-electron chi connectivity index (χ3n) is 3.08. The molecule has 1 aromatic rings. The molecule has 0 aromatic heterocycles. The molecule has 6 nitrogen and oxygen atoms in total. The summed E-state index contributed by atoms with van der Waals surface area (Å²) in [5.41, 5.74) is 6.64. The molecule has 0 aliphatic carbocycles. The Balaban J connectivity index is 0.00000441. The molecule has 0 saturated heterocycles. The van der Waals surface area contributed by atoms with Gasteiger partial charge in [-0.05, 0) is 31.5 Å². The minimum Gasteiger partial charge on any atom is -0.327 e. The lowest BCUT2D eigenvalue weighted by molar-refractivity contribution is -0.119. The van der Waals surface area contributed by atoms with Crippen LogP contribution in [0.5, 0.6) is 0 Å². The Morgan fingerprint density at radius 2 is 1.86 bits per heavy atom. The monoisotopic (exact) mass is 349 g/mol. The summed E-state index contributed by atoms with van der Waals surface area (Å²) in [5, 5.41) is 2.73. The van der Waals surface area contributed by atoms with Gasteiger partial charge in [0.15, 0.2) is 0 Å². The van der Waals surface area contributed by atoms with Gasteiger partial charge in [-0.3, -0.25) is 9.52 Å². The zero-order chi connectivity index (χ0) is 16.0. The second-order valence-electron chi connectivity index (χ2n) is 5.14. The van der Waals surface area contributed by atoms with Crippen molar-refractivity contribution in [2.24, 2.45) is 11.7 Å². The number of nitrogens with one attached hydrogen (secondary N) is 2. The van der Waals surface area contributed by atoms with E-state index in [0.29, 0.717) is 17.8 Å². The molecule has 0 saturated carbocycles. The summed E-state index contributed by atoms with van der Waals surface area (Å²) in [5.74, 6) is -0.463. The van der Waals surface area contributed by atoms with Crippen LogP contribution in [0.25, 0.3) is 0 Å². The molecule has 1 aromatic carbocycles. The number of hydrogen-bond acceptors (Lipinski definition) is 4. The molecular formula is C14H24ClN3O3S. The van der Waals surface area contributed by atoms with Crippen molar-refractivity contribution in [1.29, 1.82) is 0 Å². The summed E-state index contributed by atoms with van der Waals surface area (Å²) in [7, 11) is -3.34. The number of sulfonamides is 1. The molecule has 0 radical (unpaired) electrons. The van der Waals surface area contributed by atoms with Crippen LogP contribution in [-0.2, 0) is 14.8 Å². The summed E-state index contributed by atoms with van der Waals surface area (Å²) >= 11 is 0. The molecule has 2 unspecified atom stereocenters. The maximum Gasteiger partial charge on any atom is 0.232 e. The summed E-state index contributed by atoms with van der Waals surface area (Å²) in [6, 6.07) is 6.34. The summed E-state index contributed by atoms with van der Waals surface area (Å²) in [4.78, 5) is 11.9. The lowest BCUT2D eigenvalue weighted by atomic mass is 10.0. The summed E-state index contributed by atoms with van der Waals surface area (Å²) < 4.78 is 25.9. The number of benzene rings is 1. The molecule has 1 rings (SSSR count). The second kappa shape index (κ2) is 8.97. The van der Waals surface area contributed by atoms with Crippen LogP contribution in [0.15, 0.2) is 24.3 Å². The van der Waals surface area contributed by atoms with E-state index in [2.05, 4.69) is 10.0 Å². The number of amides is 1. The fourth-order valence-electron chi connectivity index (χ4n) is 1.65.